The van der Waals surface area contributed by atoms with Gasteiger partial charge in [0.15, 0.2) is 0 Å². The third-order valence-corrected chi connectivity index (χ3v) is 4.47. The van der Waals surface area contributed by atoms with Crippen molar-refractivity contribution < 1.29 is 0 Å². The maximum Gasteiger partial charge on any atom is 0.0328 e. The SMILES string of the molecule is Brc1ccc(C#Cc2ccc(I)cc2)c2ccccc12. The van der Waals surface area contributed by atoms with Crippen LogP contribution in [0.2, 0.25) is 0 Å². The highest BCUT2D eigenvalue weighted by atomic mass is 127. The molecule has 3 rings (SSSR count). The van der Waals surface area contributed by atoms with Crippen LogP contribution in [0.25, 0.3) is 10.8 Å². The van der Waals surface area contributed by atoms with E-state index in [0.717, 1.165) is 15.6 Å². The van der Waals surface area contributed by atoms with Gasteiger partial charge >= 0.3 is 0 Å². The summed E-state index contributed by atoms with van der Waals surface area (Å²) >= 11 is 5.88. The summed E-state index contributed by atoms with van der Waals surface area (Å²) < 4.78 is 2.33. The van der Waals surface area contributed by atoms with Gasteiger partial charge in [-0.3, -0.25) is 0 Å². The Morgan fingerprint density at radius 2 is 1.45 bits per heavy atom. The van der Waals surface area contributed by atoms with Gasteiger partial charge in [-0.25, -0.2) is 0 Å². The smallest absolute Gasteiger partial charge is 0.0328 e. The predicted octanol–water partition coefficient (Wildman–Crippen LogP) is 5.61. The molecule has 0 radical (unpaired) electrons. The van der Waals surface area contributed by atoms with Crippen molar-refractivity contribution in [1.29, 1.82) is 0 Å². The summed E-state index contributed by atoms with van der Waals surface area (Å²) in [5, 5.41) is 2.38. The van der Waals surface area contributed by atoms with Crippen molar-refractivity contribution in [3.8, 4) is 11.8 Å². The summed E-state index contributed by atoms with van der Waals surface area (Å²) in [6.07, 6.45) is 0. The molecule has 0 spiro atoms. The standard InChI is InChI=1S/C18H10BrI/c19-18-12-9-14(16-3-1-2-4-17(16)18)8-5-13-6-10-15(20)11-7-13/h1-4,6-7,9-12H. The lowest BCUT2D eigenvalue weighted by molar-refractivity contribution is 1.60. The van der Waals surface area contributed by atoms with Crippen LogP contribution in [-0.4, -0.2) is 0 Å². The van der Waals surface area contributed by atoms with Crippen molar-refractivity contribution in [2.75, 3.05) is 0 Å². The van der Waals surface area contributed by atoms with E-state index in [1.54, 1.807) is 0 Å². The zero-order chi connectivity index (χ0) is 13.9. The lowest BCUT2D eigenvalue weighted by atomic mass is 10.0. The molecule has 0 aliphatic rings. The van der Waals surface area contributed by atoms with Crippen LogP contribution < -0.4 is 0 Å². The van der Waals surface area contributed by atoms with E-state index in [1.165, 1.54) is 14.3 Å². The van der Waals surface area contributed by atoms with Crippen LogP contribution in [0.15, 0.2) is 65.1 Å². The maximum atomic E-state index is 3.59. The molecule has 0 bridgehead atoms. The number of hydrogen-bond acceptors (Lipinski definition) is 0. The second-order valence-electron chi connectivity index (χ2n) is 4.40. The van der Waals surface area contributed by atoms with Crippen LogP contribution >= 0.6 is 38.5 Å². The van der Waals surface area contributed by atoms with Gasteiger partial charge in [0.1, 0.15) is 0 Å². The number of benzene rings is 3. The normalized spacial score (nSPS) is 10.1. The predicted molar refractivity (Wildman–Crippen MR) is 96.8 cm³/mol. The highest BCUT2D eigenvalue weighted by Crippen LogP contribution is 2.26. The molecule has 0 aromatic heterocycles. The summed E-state index contributed by atoms with van der Waals surface area (Å²) in [5.41, 5.74) is 2.10. The summed E-state index contributed by atoms with van der Waals surface area (Å²) in [6, 6.07) is 20.7. The number of fused-ring (bicyclic) bond motifs is 1. The Hall–Kier alpha value is -1.31. The van der Waals surface area contributed by atoms with Crippen LogP contribution in [0.1, 0.15) is 11.1 Å². The Morgan fingerprint density at radius 1 is 0.750 bits per heavy atom. The van der Waals surface area contributed by atoms with Gasteiger partial charge in [0.2, 0.25) is 0 Å². The van der Waals surface area contributed by atoms with Gasteiger partial charge in [-0.05, 0) is 69.8 Å². The second kappa shape index (κ2) is 5.99. The molecule has 0 heterocycles. The van der Waals surface area contributed by atoms with Gasteiger partial charge in [0, 0.05) is 19.2 Å². The van der Waals surface area contributed by atoms with Gasteiger partial charge in [-0.15, -0.1) is 0 Å². The Bertz CT molecular complexity index is 823. The van der Waals surface area contributed by atoms with Crippen molar-refractivity contribution in [1.82, 2.24) is 0 Å². The van der Waals surface area contributed by atoms with Crippen molar-refractivity contribution >= 4 is 49.3 Å². The van der Waals surface area contributed by atoms with E-state index in [0.29, 0.717) is 0 Å². The molecule has 0 unspecified atom stereocenters. The van der Waals surface area contributed by atoms with E-state index >= 15 is 0 Å². The van der Waals surface area contributed by atoms with Crippen molar-refractivity contribution in [3.05, 3.63) is 79.8 Å². The third kappa shape index (κ3) is 2.89. The molecule has 96 valence electrons. The average Bonchev–Trinajstić information content (AvgIpc) is 2.49. The van der Waals surface area contributed by atoms with Gasteiger partial charge in [-0.1, -0.05) is 52.0 Å². The van der Waals surface area contributed by atoms with E-state index in [9.17, 15) is 0 Å². The van der Waals surface area contributed by atoms with Crippen molar-refractivity contribution in [2.24, 2.45) is 0 Å². The fourth-order valence-corrected chi connectivity index (χ4v) is 2.88. The molecule has 0 N–H and O–H groups in total. The molecule has 0 atom stereocenters. The summed E-state index contributed by atoms with van der Waals surface area (Å²) in [6.45, 7) is 0. The monoisotopic (exact) mass is 432 g/mol. The van der Waals surface area contributed by atoms with Gasteiger partial charge in [-0.2, -0.15) is 0 Å². The van der Waals surface area contributed by atoms with E-state index < -0.39 is 0 Å². The minimum atomic E-state index is 1.04. The molecule has 2 heteroatoms. The number of rotatable bonds is 0. The highest BCUT2D eigenvalue weighted by Gasteiger charge is 2.01. The maximum absolute atomic E-state index is 3.59. The van der Waals surface area contributed by atoms with Crippen molar-refractivity contribution in [2.45, 2.75) is 0 Å². The molecular weight excluding hydrogens is 423 g/mol. The molecule has 20 heavy (non-hydrogen) atoms. The Labute approximate surface area is 140 Å². The minimum Gasteiger partial charge on any atom is -0.0616 e. The van der Waals surface area contributed by atoms with Crippen LogP contribution in [0.4, 0.5) is 0 Å². The molecule has 0 saturated heterocycles. The average molecular weight is 433 g/mol. The molecule has 3 aromatic rings. The number of hydrogen-bond donors (Lipinski definition) is 0. The first-order valence-corrected chi connectivity index (χ1v) is 8.06. The molecule has 0 amide bonds. The first-order chi connectivity index (χ1) is 9.74. The molecular formula is C18H10BrI. The highest BCUT2D eigenvalue weighted by molar-refractivity contribution is 14.1. The lowest BCUT2D eigenvalue weighted by Crippen LogP contribution is -1.81. The quantitative estimate of drug-likeness (QED) is 0.320. The largest absolute Gasteiger partial charge is 0.0616 e. The molecule has 0 nitrogen and oxygen atoms in total. The Kier molecular flexibility index (Phi) is 4.09. The van der Waals surface area contributed by atoms with Gasteiger partial charge in [0.05, 0.1) is 0 Å². The van der Waals surface area contributed by atoms with Crippen LogP contribution in [0.3, 0.4) is 0 Å². The van der Waals surface area contributed by atoms with Crippen LogP contribution in [0.5, 0.6) is 0 Å². The molecule has 0 fully saturated rings. The second-order valence-corrected chi connectivity index (χ2v) is 6.50. The summed E-state index contributed by atoms with van der Waals surface area (Å²) in [5.74, 6) is 6.51. The fraction of sp³-hybridized carbons (Fsp3) is 0. The Balaban J connectivity index is 2.08. The van der Waals surface area contributed by atoms with E-state index in [-0.39, 0.29) is 0 Å². The summed E-state index contributed by atoms with van der Waals surface area (Å²) in [4.78, 5) is 0. The van der Waals surface area contributed by atoms with Gasteiger partial charge < -0.3 is 0 Å². The topological polar surface area (TPSA) is 0 Å². The van der Waals surface area contributed by atoms with E-state index in [2.05, 4.69) is 98.9 Å². The Morgan fingerprint density at radius 3 is 2.20 bits per heavy atom. The third-order valence-electron chi connectivity index (χ3n) is 3.06. The summed E-state index contributed by atoms with van der Waals surface area (Å²) in [7, 11) is 0. The minimum absolute atomic E-state index is 1.04. The lowest BCUT2D eigenvalue weighted by Gasteiger charge is -2.02. The molecule has 3 aromatic carbocycles. The van der Waals surface area contributed by atoms with E-state index in [1.807, 2.05) is 12.1 Å². The number of halogens is 2. The first kappa shape index (κ1) is 13.7. The van der Waals surface area contributed by atoms with Crippen LogP contribution in [0, 0.1) is 15.4 Å². The van der Waals surface area contributed by atoms with Crippen molar-refractivity contribution in [3.63, 3.8) is 0 Å². The zero-order valence-corrected chi connectivity index (χ0v) is 14.3. The first-order valence-electron chi connectivity index (χ1n) is 6.19. The zero-order valence-electron chi connectivity index (χ0n) is 10.5. The fourth-order valence-electron chi connectivity index (χ4n) is 2.04. The van der Waals surface area contributed by atoms with Crippen LogP contribution in [-0.2, 0) is 0 Å². The molecule has 0 aliphatic heterocycles. The van der Waals surface area contributed by atoms with E-state index in [4.69, 9.17) is 0 Å². The molecule has 0 aliphatic carbocycles. The molecule has 0 saturated carbocycles. The van der Waals surface area contributed by atoms with Gasteiger partial charge in [0.25, 0.3) is 0 Å².